The fourth-order valence-electron chi connectivity index (χ4n) is 2.31. The SMILES string of the molecule is CC(C)c1ccncc1-c1nc(-c2ccc(Cl)cc2Cl)cs1. The molecular formula is C17H14Cl2N2S. The second kappa shape index (κ2) is 6.37. The summed E-state index contributed by atoms with van der Waals surface area (Å²) in [5, 5.41) is 4.21. The highest BCUT2D eigenvalue weighted by molar-refractivity contribution is 7.13. The van der Waals surface area contributed by atoms with E-state index in [2.05, 4.69) is 24.9 Å². The molecule has 3 aromatic rings. The highest BCUT2D eigenvalue weighted by atomic mass is 35.5. The number of aromatic nitrogens is 2. The molecule has 0 aliphatic heterocycles. The van der Waals surface area contributed by atoms with Crippen LogP contribution in [0.25, 0.3) is 21.8 Å². The third-order valence-corrected chi connectivity index (χ3v) is 4.84. The van der Waals surface area contributed by atoms with Crippen LogP contribution in [-0.4, -0.2) is 9.97 Å². The molecule has 0 atom stereocenters. The summed E-state index contributed by atoms with van der Waals surface area (Å²) in [5.41, 5.74) is 4.08. The minimum atomic E-state index is 0.421. The van der Waals surface area contributed by atoms with Crippen LogP contribution in [0.3, 0.4) is 0 Å². The maximum absolute atomic E-state index is 6.27. The first-order chi connectivity index (χ1) is 10.6. The molecule has 1 aromatic carbocycles. The molecule has 0 bridgehead atoms. The molecule has 0 amide bonds. The number of benzene rings is 1. The summed E-state index contributed by atoms with van der Waals surface area (Å²) in [6, 6.07) is 7.51. The maximum Gasteiger partial charge on any atom is 0.125 e. The van der Waals surface area contributed by atoms with Crippen molar-refractivity contribution in [3.8, 4) is 21.8 Å². The van der Waals surface area contributed by atoms with Crippen molar-refractivity contribution >= 4 is 34.5 Å². The topological polar surface area (TPSA) is 25.8 Å². The van der Waals surface area contributed by atoms with E-state index in [0.717, 1.165) is 21.8 Å². The van der Waals surface area contributed by atoms with E-state index in [0.29, 0.717) is 16.0 Å². The van der Waals surface area contributed by atoms with Crippen molar-refractivity contribution in [1.29, 1.82) is 0 Å². The Balaban J connectivity index is 2.05. The monoisotopic (exact) mass is 348 g/mol. The van der Waals surface area contributed by atoms with E-state index in [1.165, 1.54) is 5.56 Å². The van der Waals surface area contributed by atoms with Gasteiger partial charge in [0.05, 0.1) is 10.7 Å². The van der Waals surface area contributed by atoms with Crippen molar-refractivity contribution in [3.63, 3.8) is 0 Å². The van der Waals surface area contributed by atoms with E-state index in [1.807, 2.05) is 29.9 Å². The Morgan fingerprint density at radius 3 is 2.64 bits per heavy atom. The molecule has 2 nitrogen and oxygen atoms in total. The van der Waals surface area contributed by atoms with Gasteiger partial charge in [-0.1, -0.05) is 37.0 Å². The first kappa shape index (κ1) is 15.5. The molecule has 112 valence electrons. The summed E-state index contributed by atoms with van der Waals surface area (Å²) in [6.45, 7) is 4.34. The van der Waals surface area contributed by atoms with Gasteiger partial charge in [-0.3, -0.25) is 4.98 Å². The van der Waals surface area contributed by atoms with Crippen molar-refractivity contribution in [2.75, 3.05) is 0 Å². The molecule has 0 saturated carbocycles. The standard InChI is InChI=1S/C17H14Cl2N2S/c1-10(2)12-5-6-20-8-14(12)17-21-16(9-22-17)13-4-3-11(18)7-15(13)19/h3-10H,1-2H3. The van der Waals surface area contributed by atoms with Gasteiger partial charge >= 0.3 is 0 Å². The summed E-state index contributed by atoms with van der Waals surface area (Å²) in [5.74, 6) is 0.421. The van der Waals surface area contributed by atoms with Crippen LogP contribution in [0.1, 0.15) is 25.3 Å². The molecule has 0 fully saturated rings. The lowest BCUT2D eigenvalue weighted by Crippen LogP contribution is -1.93. The Bertz CT molecular complexity index is 812. The number of pyridine rings is 1. The predicted molar refractivity (Wildman–Crippen MR) is 94.9 cm³/mol. The Kier molecular flexibility index (Phi) is 4.48. The van der Waals surface area contributed by atoms with Crippen LogP contribution in [-0.2, 0) is 0 Å². The molecule has 22 heavy (non-hydrogen) atoms. The van der Waals surface area contributed by atoms with Crippen molar-refractivity contribution in [2.24, 2.45) is 0 Å². The van der Waals surface area contributed by atoms with Gasteiger partial charge in [0.2, 0.25) is 0 Å². The lowest BCUT2D eigenvalue weighted by atomic mass is 10.00. The zero-order chi connectivity index (χ0) is 15.7. The van der Waals surface area contributed by atoms with E-state index < -0.39 is 0 Å². The zero-order valence-corrected chi connectivity index (χ0v) is 14.5. The van der Waals surface area contributed by atoms with E-state index in [1.54, 1.807) is 17.4 Å². The number of nitrogens with zero attached hydrogens (tertiary/aromatic N) is 2. The van der Waals surface area contributed by atoms with Gasteiger partial charge in [-0.05, 0) is 35.7 Å². The van der Waals surface area contributed by atoms with Crippen LogP contribution in [0.15, 0.2) is 42.0 Å². The molecule has 0 N–H and O–H groups in total. The van der Waals surface area contributed by atoms with Gasteiger partial charge in [-0.15, -0.1) is 11.3 Å². The highest BCUT2D eigenvalue weighted by Crippen LogP contribution is 2.36. The maximum atomic E-state index is 6.27. The van der Waals surface area contributed by atoms with Crippen LogP contribution >= 0.6 is 34.5 Å². The molecule has 0 saturated heterocycles. The van der Waals surface area contributed by atoms with E-state index in [4.69, 9.17) is 28.2 Å². The van der Waals surface area contributed by atoms with Crippen LogP contribution in [0.2, 0.25) is 10.0 Å². The molecule has 0 spiro atoms. The highest BCUT2D eigenvalue weighted by Gasteiger charge is 2.14. The third-order valence-electron chi connectivity index (χ3n) is 3.42. The first-order valence-corrected chi connectivity index (χ1v) is 8.55. The summed E-state index contributed by atoms with van der Waals surface area (Å²) < 4.78 is 0. The average Bonchev–Trinajstić information content (AvgIpc) is 2.96. The normalized spacial score (nSPS) is 11.1. The fraction of sp³-hybridized carbons (Fsp3) is 0.176. The van der Waals surface area contributed by atoms with E-state index >= 15 is 0 Å². The molecule has 2 aromatic heterocycles. The smallest absolute Gasteiger partial charge is 0.125 e. The molecule has 0 radical (unpaired) electrons. The van der Waals surface area contributed by atoms with Gasteiger partial charge in [0.1, 0.15) is 5.01 Å². The minimum absolute atomic E-state index is 0.421. The molecule has 2 heterocycles. The molecule has 0 aliphatic carbocycles. The van der Waals surface area contributed by atoms with Crippen molar-refractivity contribution < 1.29 is 0 Å². The average molecular weight is 349 g/mol. The predicted octanol–water partition coefficient (Wildman–Crippen LogP) is 6.30. The van der Waals surface area contributed by atoms with Gasteiger partial charge in [0.25, 0.3) is 0 Å². The molecule has 0 unspecified atom stereocenters. The van der Waals surface area contributed by atoms with Gasteiger partial charge in [-0.25, -0.2) is 4.98 Å². The Morgan fingerprint density at radius 1 is 1.09 bits per heavy atom. The number of thiazole rings is 1. The van der Waals surface area contributed by atoms with Crippen LogP contribution < -0.4 is 0 Å². The Hall–Kier alpha value is -1.42. The zero-order valence-electron chi connectivity index (χ0n) is 12.2. The van der Waals surface area contributed by atoms with E-state index in [9.17, 15) is 0 Å². The van der Waals surface area contributed by atoms with Crippen molar-refractivity contribution in [1.82, 2.24) is 9.97 Å². The van der Waals surface area contributed by atoms with Crippen molar-refractivity contribution in [3.05, 3.63) is 57.6 Å². The molecule has 3 rings (SSSR count). The van der Waals surface area contributed by atoms with Crippen LogP contribution in [0.5, 0.6) is 0 Å². The largest absolute Gasteiger partial charge is 0.264 e. The van der Waals surface area contributed by atoms with Gasteiger partial charge in [0, 0.05) is 33.9 Å². The molecule has 0 aliphatic rings. The summed E-state index contributed by atoms with van der Waals surface area (Å²) in [6.07, 6.45) is 3.70. The van der Waals surface area contributed by atoms with Crippen LogP contribution in [0, 0.1) is 0 Å². The molecule has 5 heteroatoms. The van der Waals surface area contributed by atoms with E-state index in [-0.39, 0.29) is 0 Å². The Morgan fingerprint density at radius 2 is 1.91 bits per heavy atom. The number of rotatable bonds is 3. The third kappa shape index (κ3) is 3.02. The lowest BCUT2D eigenvalue weighted by molar-refractivity contribution is 0.865. The summed E-state index contributed by atoms with van der Waals surface area (Å²) >= 11 is 13.8. The number of hydrogen-bond acceptors (Lipinski definition) is 3. The number of hydrogen-bond donors (Lipinski definition) is 0. The second-order valence-electron chi connectivity index (χ2n) is 5.28. The lowest BCUT2D eigenvalue weighted by Gasteiger charge is -2.09. The second-order valence-corrected chi connectivity index (χ2v) is 6.98. The van der Waals surface area contributed by atoms with Crippen molar-refractivity contribution in [2.45, 2.75) is 19.8 Å². The quantitative estimate of drug-likeness (QED) is 0.554. The summed E-state index contributed by atoms with van der Waals surface area (Å²) in [7, 11) is 0. The van der Waals surface area contributed by atoms with Gasteiger partial charge in [-0.2, -0.15) is 0 Å². The van der Waals surface area contributed by atoms with Gasteiger partial charge < -0.3 is 0 Å². The fourth-order valence-corrected chi connectivity index (χ4v) is 3.66. The summed E-state index contributed by atoms with van der Waals surface area (Å²) in [4.78, 5) is 8.97. The number of halogens is 2. The molecular weight excluding hydrogens is 335 g/mol. The Labute approximate surface area is 143 Å². The van der Waals surface area contributed by atoms with Gasteiger partial charge in [0.15, 0.2) is 0 Å². The first-order valence-electron chi connectivity index (χ1n) is 6.91. The minimum Gasteiger partial charge on any atom is -0.264 e. The van der Waals surface area contributed by atoms with Crippen LogP contribution in [0.4, 0.5) is 0 Å².